The topological polar surface area (TPSA) is 56.8 Å². The van der Waals surface area contributed by atoms with Crippen molar-refractivity contribution >= 4 is 6.03 Å². The molecule has 2 heterocycles. The summed E-state index contributed by atoms with van der Waals surface area (Å²) in [4.78, 5) is 16.5. The van der Waals surface area contributed by atoms with Gasteiger partial charge in [-0.15, -0.1) is 0 Å². The third-order valence-corrected chi connectivity index (χ3v) is 4.52. The van der Waals surface area contributed by atoms with Crippen LogP contribution in [0.4, 0.5) is 4.79 Å². The predicted octanol–water partition coefficient (Wildman–Crippen LogP) is 0.101. The Morgan fingerprint density at radius 2 is 2.20 bits per heavy atom. The molecule has 0 bridgehead atoms. The van der Waals surface area contributed by atoms with Gasteiger partial charge in [-0.2, -0.15) is 0 Å². The van der Waals surface area contributed by atoms with E-state index in [2.05, 4.69) is 36.4 Å². The number of likely N-dealkylation sites (N-methyl/N-ethyl adjacent to an activating group) is 1. The largest absolute Gasteiger partial charge is 0.378 e. The van der Waals surface area contributed by atoms with Gasteiger partial charge < -0.3 is 20.3 Å². The van der Waals surface area contributed by atoms with E-state index in [1.165, 1.54) is 0 Å². The van der Waals surface area contributed by atoms with E-state index >= 15 is 0 Å². The highest BCUT2D eigenvalue weighted by molar-refractivity contribution is 5.74. The Bertz CT molecular complexity index is 329. The zero-order valence-corrected chi connectivity index (χ0v) is 12.9. The normalized spacial score (nSPS) is 27.9. The van der Waals surface area contributed by atoms with Gasteiger partial charge in [-0.05, 0) is 27.3 Å². The highest BCUT2D eigenvalue weighted by Gasteiger charge is 2.29. The summed E-state index contributed by atoms with van der Waals surface area (Å²) < 4.78 is 5.39. The zero-order chi connectivity index (χ0) is 14.6. The molecule has 116 valence electrons. The van der Waals surface area contributed by atoms with Gasteiger partial charge in [0.25, 0.3) is 0 Å². The molecule has 2 aliphatic rings. The van der Waals surface area contributed by atoms with E-state index in [1.54, 1.807) is 0 Å². The molecular formula is C14H28N4O2. The van der Waals surface area contributed by atoms with Gasteiger partial charge in [0, 0.05) is 44.3 Å². The monoisotopic (exact) mass is 284 g/mol. The van der Waals surface area contributed by atoms with Crippen LogP contribution >= 0.6 is 0 Å². The first-order valence-corrected chi connectivity index (χ1v) is 7.54. The Morgan fingerprint density at radius 1 is 1.40 bits per heavy atom. The maximum absolute atomic E-state index is 12.2. The van der Waals surface area contributed by atoms with Crippen molar-refractivity contribution in [3.63, 3.8) is 0 Å². The van der Waals surface area contributed by atoms with Crippen LogP contribution in [0, 0.1) is 0 Å². The maximum Gasteiger partial charge on any atom is 0.317 e. The number of carbonyl (C=O) groups excluding carboxylic acids is 1. The zero-order valence-electron chi connectivity index (χ0n) is 12.9. The SMILES string of the molecule is CN1CCN(C(=O)NCC2COCCN2)CCC1(C)C. The van der Waals surface area contributed by atoms with E-state index in [0.717, 1.165) is 39.2 Å². The summed E-state index contributed by atoms with van der Waals surface area (Å²) in [7, 11) is 2.13. The second-order valence-electron chi connectivity index (χ2n) is 6.38. The molecule has 20 heavy (non-hydrogen) atoms. The van der Waals surface area contributed by atoms with Crippen molar-refractivity contribution in [1.29, 1.82) is 0 Å². The van der Waals surface area contributed by atoms with E-state index in [0.29, 0.717) is 13.2 Å². The summed E-state index contributed by atoms with van der Waals surface area (Å²) in [5.74, 6) is 0. The molecule has 0 aromatic heterocycles. The highest BCUT2D eigenvalue weighted by atomic mass is 16.5. The van der Waals surface area contributed by atoms with Gasteiger partial charge in [0.15, 0.2) is 0 Å². The quantitative estimate of drug-likeness (QED) is 0.755. The van der Waals surface area contributed by atoms with Crippen molar-refractivity contribution in [2.75, 3.05) is 53.0 Å². The number of nitrogens with zero attached hydrogens (tertiary/aromatic N) is 2. The van der Waals surface area contributed by atoms with Crippen LogP contribution in [0.1, 0.15) is 20.3 Å². The van der Waals surface area contributed by atoms with E-state index in [1.807, 2.05) is 4.90 Å². The molecule has 2 amide bonds. The van der Waals surface area contributed by atoms with Crippen LogP contribution in [0.25, 0.3) is 0 Å². The fourth-order valence-corrected chi connectivity index (χ4v) is 2.56. The lowest BCUT2D eigenvalue weighted by Crippen LogP contribution is -2.51. The van der Waals surface area contributed by atoms with Crippen molar-refractivity contribution in [3.8, 4) is 0 Å². The number of morpholine rings is 1. The van der Waals surface area contributed by atoms with E-state index in [4.69, 9.17) is 4.74 Å². The standard InChI is InChI=1S/C14H28N4O2/c1-14(2)4-6-18(8-7-17(14)3)13(19)16-10-12-11-20-9-5-15-12/h12,15H,4-11H2,1-3H3,(H,16,19). The molecule has 0 aliphatic carbocycles. The molecule has 0 saturated carbocycles. The predicted molar refractivity (Wildman–Crippen MR) is 78.9 cm³/mol. The van der Waals surface area contributed by atoms with Gasteiger partial charge in [-0.3, -0.25) is 4.90 Å². The summed E-state index contributed by atoms with van der Waals surface area (Å²) in [6, 6.07) is 0.280. The van der Waals surface area contributed by atoms with Gasteiger partial charge in [0.2, 0.25) is 0 Å². The smallest absolute Gasteiger partial charge is 0.317 e. The molecule has 6 nitrogen and oxygen atoms in total. The molecule has 2 N–H and O–H groups in total. The van der Waals surface area contributed by atoms with Gasteiger partial charge in [-0.1, -0.05) is 0 Å². The number of ether oxygens (including phenoxy) is 1. The molecule has 2 aliphatic heterocycles. The van der Waals surface area contributed by atoms with Crippen LogP contribution in [0.2, 0.25) is 0 Å². The van der Waals surface area contributed by atoms with E-state index in [9.17, 15) is 4.79 Å². The fraction of sp³-hybridized carbons (Fsp3) is 0.929. The van der Waals surface area contributed by atoms with Crippen LogP contribution in [0.15, 0.2) is 0 Å². The number of urea groups is 1. The van der Waals surface area contributed by atoms with Gasteiger partial charge in [-0.25, -0.2) is 4.79 Å². The molecule has 0 radical (unpaired) electrons. The average molecular weight is 284 g/mol. The lowest BCUT2D eigenvalue weighted by atomic mass is 9.99. The van der Waals surface area contributed by atoms with Crippen molar-refractivity contribution in [3.05, 3.63) is 0 Å². The van der Waals surface area contributed by atoms with Crippen LogP contribution in [-0.2, 0) is 4.74 Å². The minimum absolute atomic E-state index is 0.0449. The number of nitrogens with one attached hydrogen (secondary N) is 2. The Balaban J connectivity index is 1.77. The van der Waals surface area contributed by atoms with Gasteiger partial charge in [0.05, 0.1) is 13.2 Å². The Morgan fingerprint density at radius 3 is 2.90 bits per heavy atom. The molecule has 0 spiro atoms. The summed E-state index contributed by atoms with van der Waals surface area (Å²) in [5.41, 5.74) is 0.161. The second kappa shape index (κ2) is 6.74. The first kappa shape index (κ1) is 15.5. The lowest BCUT2D eigenvalue weighted by molar-refractivity contribution is 0.0768. The van der Waals surface area contributed by atoms with E-state index < -0.39 is 0 Å². The van der Waals surface area contributed by atoms with Crippen LogP contribution in [-0.4, -0.2) is 80.4 Å². The Kier molecular flexibility index (Phi) is 5.23. The fourth-order valence-electron chi connectivity index (χ4n) is 2.56. The summed E-state index contributed by atoms with van der Waals surface area (Å²) in [6.07, 6.45) is 1.00. The van der Waals surface area contributed by atoms with Crippen LogP contribution in [0.3, 0.4) is 0 Å². The molecule has 1 unspecified atom stereocenters. The van der Waals surface area contributed by atoms with Crippen LogP contribution < -0.4 is 10.6 Å². The summed E-state index contributed by atoms with van der Waals surface area (Å²) in [6.45, 7) is 9.94. The van der Waals surface area contributed by atoms with Gasteiger partial charge >= 0.3 is 6.03 Å². The first-order chi connectivity index (χ1) is 9.49. The summed E-state index contributed by atoms with van der Waals surface area (Å²) in [5, 5.41) is 6.36. The first-order valence-electron chi connectivity index (χ1n) is 7.54. The second-order valence-corrected chi connectivity index (χ2v) is 6.38. The van der Waals surface area contributed by atoms with Crippen molar-refractivity contribution in [1.82, 2.24) is 20.4 Å². The number of amides is 2. The third kappa shape index (κ3) is 4.07. The minimum Gasteiger partial charge on any atom is -0.378 e. The van der Waals surface area contributed by atoms with Crippen molar-refractivity contribution < 1.29 is 9.53 Å². The van der Waals surface area contributed by atoms with E-state index in [-0.39, 0.29) is 17.6 Å². The third-order valence-electron chi connectivity index (χ3n) is 4.52. The maximum atomic E-state index is 12.2. The molecule has 2 rings (SSSR count). The highest BCUT2D eigenvalue weighted by Crippen LogP contribution is 2.20. The molecular weight excluding hydrogens is 256 g/mol. The average Bonchev–Trinajstić information content (AvgIpc) is 2.57. The molecule has 6 heteroatoms. The Hall–Kier alpha value is -0.850. The lowest BCUT2D eigenvalue weighted by Gasteiger charge is -2.32. The van der Waals surface area contributed by atoms with Gasteiger partial charge in [0.1, 0.15) is 0 Å². The molecule has 2 fully saturated rings. The Labute approximate surface area is 121 Å². The summed E-state index contributed by atoms with van der Waals surface area (Å²) >= 11 is 0. The van der Waals surface area contributed by atoms with Crippen molar-refractivity contribution in [2.24, 2.45) is 0 Å². The van der Waals surface area contributed by atoms with Crippen molar-refractivity contribution in [2.45, 2.75) is 31.8 Å². The number of rotatable bonds is 2. The molecule has 2 saturated heterocycles. The molecule has 0 aromatic carbocycles. The van der Waals surface area contributed by atoms with Crippen LogP contribution in [0.5, 0.6) is 0 Å². The number of hydrogen-bond acceptors (Lipinski definition) is 4. The number of carbonyl (C=O) groups is 1. The molecule has 0 aromatic rings. The minimum atomic E-state index is 0.0449. The number of hydrogen-bond donors (Lipinski definition) is 2. The molecule has 1 atom stereocenters.